The van der Waals surface area contributed by atoms with E-state index in [0.717, 1.165) is 12.0 Å². The normalized spacial score (nSPS) is 25.4. The number of nitroso groups, excluding NO2 is 1. The summed E-state index contributed by atoms with van der Waals surface area (Å²) >= 11 is 0. The molecule has 2 unspecified atom stereocenters. The Hall–Kier alpha value is -1.23. The molecule has 0 aliphatic heterocycles. The van der Waals surface area contributed by atoms with E-state index in [1.165, 1.54) is 7.11 Å². The molecule has 0 amide bonds. The van der Waals surface area contributed by atoms with Crippen molar-refractivity contribution >= 4 is 5.97 Å². The van der Waals surface area contributed by atoms with Gasteiger partial charge in [0.15, 0.2) is 0 Å². The average molecular weight is 227 g/mol. The third-order valence-corrected chi connectivity index (χ3v) is 2.78. The van der Waals surface area contributed by atoms with Gasteiger partial charge in [0.2, 0.25) is 0 Å². The Morgan fingerprint density at radius 3 is 2.81 bits per heavy atom. The van der Waals surface area contributed by atoms with Crippen LogP contribution < -0.4 is 0 Å². The van der Waals surface area contributed by atoms with Gasteiger partial charge in [0, 0.05) is 6.42 Å². The van der Waals surface area contributed by atoms with E-state index < -0.39 is 18.1 Å². The lowest BCUT2D eigenvalue weighted by Gasteiger charge is -2.26. The van der Waals surface area contributed by atoms with Crippen molar-refractivity contribution in [2.75, 3.05) is 7.11 Å². The predicted molar refractivity (Wildman–Crippen MR) is 58.8 cm³/mol. The van der Waals surface area contributed by atoms with E-state index >= 15 is 0 Å². The molecule has 0 aromatic heterocycles. The van der Waals surface area contributed by atoms with E-state index in [9.17, 15) is 14.8 Å². The van der Waals surface area contributed by atoms with E-state index in [2.05, 4.69) is 9.91 Å². The zero-order chi connectivity index (χ0) is 12.1. The predicted octanol–water partition coefficient (Wildman–Crippen LogP) is 1.55. The standard InChI is InChI=1S/C11H17NO4/c1-3-4-7-5-8(13)6-9(12-15)10(7)11(14)16-2/h8-9,13H,3-6H2,1-2H3. The highest BCUT2D eigenvalue weighted by Gasteiger charge is 2.33. The second kappa shape index (κ2) is 5.75. The molecule has 90 valence electrons. The van der Waals surface area contributed by atoms with Crippen LogP contribution in [0.15, 0.2) is 16.3 Å². The maximum atomic E-state index is 11.6. The number of nitrogens with zero attached hydrogens (tertiary/aromatic N) is 1. The zero-order valence-corrected chi connectivity index (χ0v) is 9.60. The van der Waals surface area contributed by atoms with Crippen molar-refractivity contribution in [2.24, 2.45) is 5.18 Å². The molecular formula is C11H17NO4. The number of ether oxygens (including phenoxy) is 1. The summed E-state index contributed by atoms with van der Waals surface area (Å²) in [5.74, 6) is -0.500. The number of rotatable bonds is 4. The first-order valence-corrected chi connectivity index (χ1v) is 5.44. The number of esters is 1. The van der Waals surface area contributed by atoms with Crippen molar-refractivity contribution in [3.05, 3.63) is 16.1 Å². The average Bonchev–Trinajstić information content (AvgIpc) is 2.27. The molecule has 0 saturated carbocycles. The lowest BCUT2D eigenvalue weighted by Crippen LogP contribution is -2.30. The first-order valence-electron chi connectivity index (χ1n) is 5.44. The minimum atomic E-state index is -0.766. The van der Waals surface area contributed by atoms with E-state index in [-0.39, 0.29) is 6.42 Å². The van der Waals surface area contributed by atoms with E-state index in [1.54, 1.807) is 0 Å². The third-order valence-electron chi connectivity index (χ3n) is 2.78. The second-order valence-corrected chi connectivity index (χ2v) is 3.97. The van der Waals surface area contributed by atoms with Crippen molar-refractivity contribution in [3.63, 3.8) is 0 Å². The van der Waals surface area contributed by atoms with Gasteiger partial charge in [-0.15, -0.1) is 0 Å². The van der Waals surface area contributed by atoms with Gasteiger partial charge in [0.05, 0.1) is 18.8 Å². The molecule has 0 aromatic rings. The van der Waals surface area contributed by atoms with Crippen LogP contribution in [0.3, 0.4) is 0 Å². The van der Waals surface area contributed by atoms with Gasteiger partial charge in [-0.1, -0.05) is 24.1 Å². The Labute approximate surface area is 94.5 Å². The number of aliphatic hydroxyl groups excluding tert-OH is 1. The summed E-state index contributed by atoms with van der Waals surface area (Å²) in [6.07, 6.45) is 1.60. The maximum absolute atomic E-state index is 11.6. The van der Waals surface area contributed by atoms with Crippen molar-refractivity contribution in [1.29, 1.82) is 0 Å². The Kier molecular flexibility index (Phi) is 4.61. The minimum absolute atomic E-state index is 0.209. The van der Waals surface area contributed by atoms with Crippen LogP contribution in [0.4, 0.5) is 0 Å². The van der Waals surface area contributed by atoms with Crippen LogP contribution in [0.2, 0.25) is 0 Å². The Bertz CT molecular complexity index is 311. The van der Waals surface area contributed by atoms with Crippen LogP contribution in [-0.4, -0.2) is 30.3 Å². The van der Waals surface area contributed by atoms with Gasteiger partial charge in [-0.2, -0.15) is 4.91 Å². The van der Waals surface area contributed by atoms with Gasteiger partial charge in [-0.05, 0) is 12.8 Å². The lowest BCUT2D eigenvalue weighted by molar-refractivity contribution is -0.136. The third kappa shape index (κ3) is 2.66. The van der Waals surface area contributed by atoms with Gasteiger partial charge in [0.25, 0.3) is 0 Å². The van der Waals surface area contributed by atoms with Crippen molar-refractivity contribution in [3.8, 4) is 0 Å². The van der Waals surface area contributed by atoms with Gasteiger partial charge in [-0.25, -0.2) is 4.79 Å². The molecule has 5 nitrogen and oxygen atoms in total. The number of hydrogen-bond acceptors (Lipinski definition) is 5. The van der Waals surface area contributed by atoms with Crippen LogP contribution >= 0.6 is 0 Å². The largest absolute Gasteiger partial charge is 0.466 e. The molecule has 0 aromatic carbocycles. The van der Waals surface area contributed by atoms with Crippen LogP contribution in [0.1, 0.15) is 32.6 Å². The molecule has 16 heavy (non-hydrogen) atoms. The first kappa shape index (κ1) is 12.8. The fraction of sp³-hybridized carbons (Fsp3) is 0.727. The molecule has 1 aliphatic rings. The van der Waals surface area contributed by atoms with Crippen LogP contribution in [0, 0.1) is 4.91 Å². The summed E-state index contributed by atoms with van der Waals surface area (Å²) in [5, 5.41) is 12.5. The molecule has 5 heteroatoms. The number of hydrogen-bond donors (Lipinski definition) is 1. The topological polar surface area (TPSA) is 76.0 Å². The van der Waals surface area contributed by atoms with Crippen LogP contribution in [0.25, 0.3) is 0 Å². The number of aliphatic hydroxyl groups is 1. The molecule has 1 rings (SSSR count). The van der Waals surface area contributed by atoms with Crippen LogP contribution in [-0.2, 0) is 9.53 Å². The summed E-state index contributed by atoms with van der Waals surface area (Å²) in [6, 6.07) is -0.766. The molecular weight excluding hydrogens is 210 g/mol. The summed E-state index contributed by atoms with van der Waals surface area (Å²) in [7, 11) is 1.28. The summed E-state index contributed by atoms with van der Waals surface area (Å²) < 4.78 is 4.66. The Morgan fingerprint density at radius 1 is 1.62 bits per heavy atom. The van der Waals surface area contributed by atoms with Crippen molar-refractivity contribution in [2.45, 2.75) is 44.8 Å². The highest BCUT2D eigenvalue weighted by molar-refractivity contribution is 5.91. The molecule has 2 atom stereocenters. The molecule has 0 saturated heterocycles. The zero-order valence-electron chi connectivity index (χ0n) is 9.60. The second-order valence-electron chi connectivity index (χ2n) is 3.97. The molecule has 0 fully saturated rings. The Morgan fingerprint density at radius 2 is 2.31 bits per heavy atom. The highest BCUT2D eigenvalue weighted by atomic mass is 16.5. The highest BCUT2D eigenvalue weighted by Crippen LogP contribution is 2.31. The monoisotopic (exact) mass is 227 g/mol. The summed E-state index contributed by atoms with van der Waals surface area (Å²) in [6.45, 7) is 1.98. The van der Waals surface area contributed by atoms with Crippen molar-refractivity contribution < 1.29 is 14.6 Å². The molecule has 0 heterocycles. The fourth-order valence-corrected chi connectivity index (χ4v) is 2.11. The van der Waals surface area contributed by atoms with E-state index in [0.29, 0.717) is 18.4 Å². The van der Waals surface area contributed by atoms with Crippen molar-refractivity contribution in [1.82, 2.24) is 0 Å². The molecule has 1 aliphatic carbocycles. The number of carbonyl (C=O) groups excluding carboxylic acids is 1. The maximum Gasteiger partial charge on any atom is 0.336 e. The smallest absolute Gasteiger partial charge is 0.336 e. The SMILES string of the molecule is CCCC1=C(C(=O)OC)C(N=O)CC(O)C1. The fourth-order valence-electron chi connectivity index (χ4n) is 2.11. The van der Waals surface area contributed by atoms with Gasteiger partial charge in [-0.3, -0.25) is 0 Å². The van der Waals surface area contributed by atoms with E-state index in [1.807, 2.05) is 6.92 Å². The van der Waals surface area contributed by atoms with Gasteiger partial charge in [0.1, 0.15) is 6.04 Å². The molecule has 0 spiro atoms. The quantitative estimate of drug-likeness (QED) is 0.584. The molecule has 0 bridgehead atoms. The lowest BCUT2D eigenvalue weighted by atomic mass is 9.84. The molecule has 1 N–H and O–H groups in total. The number of carbonyl (C=O) groups is 1. The van der Waals surface area contributed by atoms with E-state index in [4.69, 9.17) is 0 Å². The number of methoxy groups -OCH3 is 1. The van der Waals surface area contributed by atoms with Gasteiger partial charge < -0.3 is 9.84 Å². The summed E-state index contributed by atoms with van der Waals surface area (Å²) in [5.41, 5.74) is 1.15. The van der Waals surface area contributed by atoms with Crippen LogP contribution in [0.5, 0.6) is 0 Å². The minimum Gasteiger partial charge on any atom is -0.466 e. The van der Waals surface area contributed by atoms with Gasteiger partial charge >= 0.3 is 5.97 Å². The Balaban J connectivity index is 3.07. The summed E-state index contributed by atoms with van der Waals surface area (Å²) in [4.78, 5) is 22.3. The molecule has 0 radical (unpaired) electrons. The first-order chi connectivity index (χ1) is 7.63.